The third-order valence-corrected chi connectivity index (χ3v) is 10.9. The van der Waals surface area contributed by atoms with Gasteiger partial charge < -0.3 is 21.3 Å². The lowest BCUT2D eigenvalue weighted by atomic mass is 9.98. The number of rotatable bonds is 7. The maximum absolute atomic E-state index is 6.17. The van der Waals surface area contributed by atoms with Gasteiger partial charge in [0, 0.05) is 44.9 Å². The second-order valence-corrected chi connectivity index (χ2v) is 14.3. The van der Waals surface area contributed by atoms with E-state index in [4.69, 9.17) is 11.5 Å². The molecule has 0 radical (unpaired) electrons. The molecule has 62 heavy (non-hydrogen) atoms. The Labute approximate surface area is 367 Å². The standard InChI is InChI=1S/C52H38N4.3C2H6/c53-39-21-29-43(30-22-39)55(51-33-37-9-1-3-11-45(37)47-13-5-7-15-49(47)51)41-25-17-35(18-26-41)36-19-27-42(28-20-36)56(44-31-23-40(54)24-32-44)52-34-38-10-2-4-12-46(38)48-14-6-8-16-50(48)52;3*1-2/h1-34H,53-54H2;3*1-2H3. The first kappa shape index (κ1) is 42.6. The number of benzene rings is 10. The third-order valence-electron chi connectivity index (χ3n) is 10.9. The smallest absolute Gasteiger partial charge is 0.0546 e. The van der Waals surface area contributed by atoms with Gasteiger partial charge in [-0.3, -0.25) is 0 Å². The Morgan fingerprint density at radius 2 is 0.532 bits per heavy atom. The number of nitrogens with zero attached hydrogens (tertiary/aromatic N) is 2. The van der Waals surface area contributed by atoms with Crippen molar-refractivity contribution in [2.24, 2.45) is 0 Å². The zero-order valence-electron chi connectivity index (χ0n) is 36.7. The summed E-state index contributed by atoms with van der Waals surface area (Å²) in [7, 11) is 0. The van der Waals surface area contributed by atoms with Crippen molar-refractivity contribution in [1.29, 1.82) is 0 Å². The largest absolute Gasteiger partial charge is 0.399 e. The van der Waals surface area contributed by atoms with E-state index in [1.54, 1.807) is 0 Å². The number of anilines is 8. The Morgan fingerprint density at radius 1 is 0.274 bits per heavy atom. The van der Waals surface area contributed by atoms with Gasteiger partial charge >= 0.3 is 0 Å². The summed E-state index contributed by atoms with van der Waals surface area (Å²) >= 11 is 0. The van der Waals surface area contributed by atoms with Crippen LogP contribution >= 0.6 is 0 Å². The molecule has 10 aromatic carbocycles. The van der Waals surface area contributed by atoms with E-state index < -0.39 is 0 Å². The Bertz CT molecular complexity index is 2820. The SMILES string of the molecule is CC.CC.CC.Nc1ccc(N(c2ccc(-c3ccc(N(c4ccc(N)cc4)c4cc5ccccc5c5ccccc45)cc3)cc2)c2cc3ccccc3c3ccccc23)cc1. The molecule has 0 amide bonds. The molecule has 10 rings (SSSR count). The van der Waals surface area contributed by atoms with Gasteiger partial charge in [0.2, 0.25) is 0 Å². The van der Waals surface area contributed by atoms with Crippen LogP contribution in [0.1, 0.15) is 41.5 Å². The van der Waals surface area contributed by atoms with Crippen molar-refractivity contribution in [3.05, 3.63) is 206 Å². The average Bonchev–Trinajstić information content (AvgIpc) is 3.35. The van der Waals surface area contributed by atoms with Crippen LogP contribution in [0.3, 0.4) is 0 Å². The minimum absolute atomic E-state index is 0.736. The molecule has 4 heteroatoms. The number of fused-ring (bicyclic) bond motifs is 6. The minimum Gasteiger partial charge on any atom is -0.399 e. The molecular weight excluding hydrogens is 753 g/mol. The fourth-order valence-electron chi connectivity index (χ4n) is 8.15. The Morgan fingerprint density at radius 3 is 0.855 bits per heavy atom. The van der Waals surface area contributed by atoms with Gasteiger partial charge in [0.15, 0.2) is 0 Å². The summed E-state index contributed by atoms with van der Waals surface area (Å²) in [5.74, 6) is 0. The van der Waals surface area contributed by atoms with Crippen LogP contribution in [0.4, 0.5) is 45.5 Å². The van der Waals surface area contributed by atoms with E-state index in [1.165, 1.54) is 43.1 Å². The molecule has 0 aliphatic carbocycles. The zero-order chi connectivity index (χ0) is 43.6. The highest BCUT2D eigenvalue weighted by atomic mass is 15.1. The van der Waals surface area contributed by atoms with Gasteiger partial charge in [-0.2, -0.15) is 0 Å². The maximum atomic E-state index is 6.17. The van der Waals surface area contributed by atoms with Crippen LogP contribution in [-0.4, -0.2) is 0 Å². The average molecular weight is 809 g/mol. The van der Waals surface area contributed by atoms with Gasteiger partial charge in [-0.15, -0.1) is 0 Å². The first-order valence-electron chi connectivity index (χ1n) is 21.9. The zero-order valence-corrected chi connectivity index (χ0v) is 36.7. The molecule has 10 aromatic rings. The highest BCUT2D eigenvalue weighted by Gasteiger charge is 2.19. The minimum atomic E-state index is 0.736. The van der Waals surface area contributed by atoms with Crippen molar-refractivity contribution >= 4 is 88.6 Å². The molecule has 4 N–H and O–H groups in total. The second kappa shape index (κ2) is 19.7. The highest BCUT2D eigenvalue weighted by molar-refractivity contribution is 6.16. The van der Waals surface area contributed by atoms with E-state index >= 15 is 0 Å². The molecule has 0 saturated carbocycles. The Balaban J connectivity index is 0.000000925. The lowest BCUT2D eigenvalue weighted by Crippen LogP contribution is -2.11. The van der Waals surface area contributed by atoms with Crippen LogP contribution in [0.5, 0.6) is 0 Å². The van der Waals surface area contributed by atoms with E-state index in [2.05, 4.69) is 192 Å². The van der Waals surface area contributed by atoms with Gasteiger partial charge in [0.1, 0.15) is 0 Å². The monoisotopic (exact) mass is 808 g/mol. The molecule has 0 heterocycles. The summed E-state index contributed by atoms with van der Waals surface area (Å²) in [4.78, 5) is 4.67. The molecule has 0 spiro atoms. The predicted octanol–water partition coefficient (Wildman–Crippen LogP) is 17.1. The van der Waals surface area contributed by atoms with E-state index in [-0.39, 0.29) is 0 Å². The molecule has 0 saturated heterocycles. The highest BCUT2D eigenvalue weighted by Crippen LogP contribution is 2.44. The Hall–Kier alpha value is -7.56. The third kappa shape index (κ3) is 8.41. The normalized spacial score (nSPS) is 10.5. The molecule has 4 nitrogen and oxygen atoms in total. The van der Waals surface area contributed by atoms with E-state index in [0.29, 0.717) is 0 Å². The molecule has 308 valence electrons. The summed E-state index contributed by atoms with van der Waals surface area (Å²) in [6, 6.07) is 73.1. The van der Waals surface area contributed by atoms with Gasteiger partial charge in [-0.25, -0.2) is 0 Å². The quantitative estimate of drug-likeness (QED) is 0.124. The number of nitrogen functional groups attached to an aromatic ring is 2. The van der Waals surface area contributed by atoms with Crippen LogP contribution < -0.4 is 21.3 Å². The first-order chi connectivity index (χ1) is 30.6. The van der Waals surface area contributed by atoms with Crippen LogP contribution in [-0.2, 0) is 0 Å². The molecule has 0 fully saturated rings. The van der Waals surface area contributed by atoms with Crippen LogP contribution in [0.25, 0.3) is 54.2 Å². The van der Waals surface area contributed by atoms with Crippen molar-refractivity contribution in [1.82, 2.24) is 0 Å². The summed E-state index contributed by atoms with van der Waals surface area (Å²) in [6.07, 6.45) is 0. The first-order valence-corrected chi connectivity index (χ1v) is 21.9. The second-order valence-electron chi connectivity index (χ2n) is 14.3. The topological polar surface area (TPSA) is 58.5 Å². The van der Waals surface area contributed by atoms with Gasteiger partial charge in [-0.05, 0) is 128 Å². The molecule has 0 aromatic heterocycles. The summed E-state index contributed by atoms with van der Waals surface area (Å²) in [6.45, 7) is 12.0. The van der Waals surface area contributed by atoms with Crippen molar-refractivity contribution in [2.45, 2.75) is 41.5 Å². The molecule has 0 aliphatic rings. The van der Waals surface area contributed by atoms with E-state index in [9.17, 15) is 0 Å². The predicted molar refractivity (Wildman–Crippen MR) is 274 cm³/mol. The summed E-state index contributed by atoms with van der Waals surface area (Å²) in [5.41, 5.74) is 22.5. The molecule has 0 bridgehead atoms. The molecule has 0 unspecified atom stereocenters. The van der Waals surface area contributed by atoms with Crippen molar-refractivity contribution in [2.75, 3.05) is 21.3 Å². The van der Waals surface area contributed by atoms with Gasteiger partial charge in [0.25, 0.3) is 0 Å². The maximum Gasteiger partial charge on any atom is 0.0546 e. The summed E-state index contributed by atoms with van der Waals surface area (Å²) in [5, 5.41) is 9.70. The lowest BCUT2D eigenvalue weighted by Gasteiger charge is -2.28. The van der Waals surface area contributed by atoms with Crippen molar-refractivity contribution in [3.63, 3.8) is 0 Å². The van der Waals surface area contributed by atoms with Crippen molar-refractivity contribution < 1.29 is 0 Å². The van der Waals surface area contributed by atoms with Crippen LogP contribution in [0.2, 0.25) is 0 Å². The molecular formula is C58H56N4. The van der Waals surface area contributed by atoms with Crippen LogP contribution in [0.15, 0.2) is 206 Å². The Kier molecular flexibility index (Phi) is 13.5. The fourth-order valence-corrected chi connectivity index (χ4v) is 8.15. The van der Waals surface area contributed by atoms with Crippen LogP contribution in [0, 0.1) is 0 Å². The molecule has 0 aliphatic heterocycles. The van der Waals surface area contributed by atoms with Crippen molar-refractivity contribution in [3.8, 4) is 11.1 Å². The van der Waals surface area contributed by atoms with E-state index in [0.717, 1.165) is 56.6 Å². The van der Waals surface area contributed by atoms with Gasteiger partial charge in [0.05, 0.1) is 11.4 Å². The lowest BCUT2D eigenvalue weighted by molar-refractivity contribution is 1.30. The molecule has 0 atom stereocenters. The summed E-state index contributed by atoms with van der Waals surface area (Å²) < 4.78 is 0. The number of hydrogen-bond donors (Lipinski definition) is 2. The number of hydrogen-bond acceptors (Lipinski definition) is 4. The fraction of sp³-hybridized carbons (Fsp3) is 0.103. The number of nitrogens with two attached hydrogens (primary N) is 2. The van der Waals surface area contributed by atoms with Gasteiger partial charge in [-0.1, -0.05) is 163 Å². The van der Waals surface area contributed by atoms with E-state index in [1.807, 2.05) is 65.8 Å².